The minimum Gasteiger partial charge on any atom is -0.339 e. The fraction of sp³-hybridized carbons (Fsp3) is 0.500. The number of halogens is 1. The zero-order valence-corrected chi connectivity index (χ0v) is 12.9. The van der Waals surface area contributed by atoms with E-state index in [4.69, 9.17) is 16.1 Å². The average Bonchev–Trinajstić information content (AvgIpc) is 2.97. The molecule has 0 aliphatic carbocycles. The first-order valence-corrected chi connectivity index (χ1v) is 7.90. The summed E-state index contributed by atoms with van der Waals surface area (Å²) in [5, 5.41) is 8.16. The molecule has 0 spiro atoms. The zero-order chi connectivity index (χ0) is 14.7. The van der Waals surface area contributed by atoms with Gasteiger partial charge < -0.3 is 9.84 Å². The highest BCUT2D eigenvalue weighted by atomic mass is 35.5. The van der Waals surface area contributed by atoms with Crippen molar-refractivity contribution in [3.05, 3.63) is 35.2 Å². The van der Waals surface area contributed by atoms with Crippen LogP contribution in [-0.2, 0) is 6.42 Å². The van der Waals surface area contributed by atoms with E-state index >= 15 is 0 Å². The second-order valence-electron chi connectivity index (χ2n) is 5.78. The maximum absolute atomic E-state index is 6.17. The molecular weight excluding hydrogens is 286 g/mol. The van der Waals surface area contributed by atoms with Crippen LogP contribution in [0.5, 0.6) is 0 Å². The van der Waals surface area contributed by atoms with Crippen molar-refractivity contribution >= 4 is 11.6 Å². The van der Waals surface area contributed by atoms with Crippen LogP contribution >= 0.6 is 11.6 Å². The molecule has 0 amide bonds. The van der Waals surface area contributed by atoms with Gasteiger partial charge in [0.05, 0.1) is 5.02 Å². The molecule has 1 N–H and O–H groups in total. The van der Waals surface area contributed by atoms with Gasteiger partial charge in [0.2, 0.25) is 11.7 Å². The van der Waals surface area contributed by atoms with Gasteiger partial charge in [0.15, 0.2) is 0 Å². The molecule has 2 aromatic rings. The molecule has 2 atom stereocenters. The van der Waals surface area contributed by atoms with Gasteiger partial charge in [-0.05, 0) is 49.9 Å². The van der Waals surface area contributed by atoms with Crippen LogP contribution < -0.4 is 5.32 Å². The van der Waals surface area contributed by atoms with E-state index in [1.54, 1.807) is 0 Å². The van der Waals surface area contributed by atoms with Gasteiger partial charge in [0.1, 0.15) is 0 Å². The van der Waals surface area contributed by atoms with E-state index in [-0.39, 0.29) is 0 Å². The second-order valence-corrected chi connectivity index (χ2v) is 6.19. The van der Waals surface area contributed by atoms with E-state index in [1.807, 2.05) is 24.3 Å². The molecular formula is C16H20ClN3O. The Hall–Kier alpha value is -1.39. The van der Waals surface area contributed by atoms with Crippen LogP contribution in [-0.4, -0.2) is 23.2 Å². The van der Waals surface area contributed by atoms with Crippen molar-refractivity contribution in [1.29, 1.82) is 0 Å². The Morgan fingerprint density at radius 1 is 1.43 bits per heavy atom. The summed E-state index contributed by atoms with van der Waals surface area (Å²) >= 11 is 6.17. The van der Waals surface area contributed by atoms with Gasteiger partial charge in [-0.15, -0.1) is 0 Å². The predicted molar refractivity (Wildman–Crippen MR) is 83.2 cm³/mol. The molecule has 21 heavy (non-hydrogen) atoms. The van der Waals surface area contributed by atoms with E-state index in [0.717, 1.165) is 25.1 Å². The van der Waals surface area contributed by atoms with Crippen LogP contribution in [0.3, 0.4) is 0 Å². The molecule has 1 aromatic carbocycles. The number of aromatic nitrogens is 2. The lowest BCUT2D eigenvalue weighted by atomic mass is 9.85. The van der Waals surface area contributed by atoms with Crippen molar-refractivity contribution < 1.29 is 4.52 Å². The molecule has 2 unspecified atom stereocenters. The summed E-state index contributed by atoms with van der Waals surface area (Å²) in [5.74, 6) is 2.50. The molecule has 3 rings (SSSR count). The summed E-state index contributed by atoms with van der Waals surface area (Å²) in [6.07, 6.45) is 3.35. The Bertz CT molecular complexity index is 593. The molecule has 5 heteroatoms. The zero-order valence-electron chi connectivity index (χ0n) is 12.2. The summed E-state index contributed by atoms with van der Waals surface area (Å²) < 4.78 is 5.40. The minimum atomic E-state index is 0.539. The van der Waals surface area contributed by atoms with E-state index < -0.39 is 0 Å². The molecule has 4 nitrogen and oxygen atoms in total. The van der Waals surface area contributed by atoms with Crippen LogP contribution in [0.1, 0.15) is 25.7 Å². The van der Waals surface area contributed by atoms with Gasteiger partial charge in [-0.1, -0.05) is 35.8 Å². The van der Waals surface area contributed by atoms with Crippen LogP contribution in [0.2, 0.25) is 5.02 Å². The SMILES string of the molecule is CC(Cc1nc(-c2ccccc2Cl)no1)C1CCCNC1. The maximum atomic E-state index is 6.17. The Labute approximate surface area is 129 Å². The van der Waals surface area contributed by atoms with Crippen molar-refractivity contribution in [3.63, 3.8) is 0 Å². The summed E-state index contributed by atoms with van der Waals surface area (Å²) in [6, 6.07) is 7.56. The molecule has 0 saturated carbocycles. The van der Waals surface area contributed by atoms with Gasteiger partial charge in [0.25, 0.3) is 0 Å². The molecule has 2 heterocycles. The fourth-order valence-corrected chi connectivity index (χ4v) is 3.12. The largest absolute Gasteiger partial charge is 0.339 e. The third kappa shape index (κ3) is 3.44. The van der Waals surface area contributed by atoms with E-state index in [0.29, 0.717) is 28.6 Å². The van der Waals surface area contributed by atoms with E-state index in [2.05, 4.69) is 22.4 Å². The van der Waals surface area contributed by atoms with Crippen LogP contribution in [0, 0.1) is 11.8 Å². The van der Waals surface area contributed by atoms with Gasteiger partial charge in [-0.2, -0.15) is 4.98 Å². The average molecular weight is 306 g/mol. The van der Waals surface area contributed by atoms with Crippen LogP contribution in [0.25, 0.3) is 11.4 Å². The van der Waals surface area contributed by atoms with Gasteiger partial charge in [-0.25, -0.2) is 0 Å². The van der Waals surface area contributed by atoms with Gasteiger partial charge in [-0.3, -0.25) is 0 Å². The molecule has 112 valence electrons. The number of piperidine rings is 1. The molecule has 1 aliphatic rings. The Morgan fingerprint density at radius 2 is 2.29 bits per heavy atom. The van der Waals surface area contributed by atoms with Crippen molar-refractivity contribution in [3.8, 4) is 11.4 Å². The number of nitrogens with one attached hydrogen (secondary N) is 1. The second kappa shape index (κ2) is 6.58. The lowest BCUT2D eigenvalue weighted by Crippen LogP contribution is -2.33. The van der Waals surface area contributed by atoms with E-state index in [1.165, 1.54) is 12.8 Å². The number of rotatable bonds is 4. The smallest absolute Gasteiger partial charge is 0.227 e. The number of hydrogen-bond acceptors (Lipinski definition) is 4. The summed E-state index contributed by atoms with van der Waals surface area (Å²) in [7, 11) is 0. The monoisotopic (exact) mass is 305 g/mol. The maximum Gasteiger partial charge on any atom is 0.227 e. The third-order valence-corrected chi connectivity index (χ3v) is 4.55. The van der Waals surface area contributed by atoms with E-state index in [9.17, 15) is 0 Å². The fourth-order valence-electron chi connectivity index (χ4n) is 2.90. The Balaban J connectivity index is 1.69. The minimum absolute atomic E-state index is 0.539. The number of benzene rings is 1. The highest BCUT2D eigenvalue weighted by Gasteiger charge is 2.22. The predicted octanol–water partition coefficient (Wildman–Crippen LogP) is 3.57. The first kappa shape index (κ1) is 14.5. The number of nitrogens with zero attached hydrogens (tertiary/aromatic N) is 2. The summed E-state index contributed by atoms with van der Waals surface area (Å²) in [5.41, 5.74) is 0.821. The van der Waals surface area contributed by atoms with Gasteiger partial charge in [0, 0.05) is 12.0 Å². The highest BCUT2D eigenvalue weighted by Crippen LogP contribution is 2.27. The first-order valence-electron chi connectivity index (χ1n) is 7.52. The van der Waals surface area contributed by atoms with Crippen LogP contribution in [0.15, 0.2) is 28.8 Å². The summed E-state index contributed by atoms with van der Waals surface area (Å²) in [6.45, 7) is 4.49. The normalized spacial score (nSPS) is 20.4. The first-order chi connectivity index (χ1) is 10.2. The topological polar surface area (TPSA) is 51.0 Å². The third-order valence-electron chi connectivity index (χ3n) is 4.22. The van der Waals surface area contributed by atoms with Crippen molar-refractivity contribution in [1.82, 2.24) is 15.5 Å². The van der Waals surface area contributed by atoms with Gasteiger partial charge >= 0.3 is 0 Å². The standard InChI is InChI=1S/C16H20ClN3O/c1-11(12-5-4-8-18-10-12)9-15-19-16(20-21-15)13-6-2-3-7-14(13)17/h2-3,6-7,11-12,18H,4-5,8-10H2,1H3. The molecule has 1 saturated heterocycles. The number of hydrogen-bond donors (Lipinski definition) is 1. The molecule has 1 fully saturated rings. The van der Waals surface area contributed by atoms with Crippen molar-refractivity contribution in [2.75, 3.05) is 13.1 Å². The van der Waals surface area contributed by atoms with Crippen LogP contribution in [0.4, 0.5) is 0 Å². The molecule has 1 aromatic heterocycles. The highest BCUT2D eigenvalue weighted by molar-refractivity contribution is 6.33. The molecule has 1 aliphatic heterocycles. The van der Waals surface area contributed by atoms with Crippen molar-refractivity contribution in [2.45, 2.75) is 26.2 Å². The molecule has 0 bridgehead atoms. The Kier molecular flexibility index (Phi) is 4.56. The Morgan fingerprint density at radius 3 is 3.05 bits per heavy atom. The van der Waals surface area contributed by atoms with Crippen molar-refractivity contribution in [2.24, 2.45) is 11.8 Å². The quantitative estimate of drug-likeness (QED) is 0.938. The molecule has 0 radical (unpaired) electrons. The lowest BCUT2D eigenvalue weighted by molar-refractivity contribution is 0.257. The lowest BCUT2D eigenvalue weighted by Gasteiger charge is -2.27. The summed E-state index contributed by atoms with van der Waals surface area (Å²) in [4.78, 5) is 4.49.